The highest BCUT2D eigenvalue weighted by atomic mass is 19.4. The zero-order chi connectivity index (χ0) is 30.2. The van der Waals surface area contributed by atoms with Crippen LogP contribution in [0.15, 0.2) is 54.7 Å². The Hall–Kier alpha value is -4.08. The van der Waals surface area contributed by atoms with Gasteiger partial charge in [-0.25, -0.2) is 8.78 Å². The first-order chi connectivity index (χ1) is 19.9. The number of carbonyl (C=O) groups excluding carboxylic acids is 1. The molecule has 0 fully saturated rings. The monoisotopic (exact) mass is 582 g/mol. The normalized spacial score (nSPS) is 15.5. The summed E-state index contributed by atoms with van der Waals surface area (Å²) in [6.45, 7) is 5.49. The zero-order valence-electron chi connectivity index (χ0n) is 23.5. The predicted octanol–water partition coefficient (Wildman–Crippen LogP) is 6.95. The number of aromatic nitrogens is 3. The number of pyridine rings is 1. The van der Waals surface area contributed by atoms with E-state index in [-0.39, 0.29) is 24.3 Å². The van der Waals surface area contributed by atoms with E-state index in [9.17, 15) is 26.7 Å². The molecule has 5 nitrogen and oxygen atoms in total. The fraction of sp³-hybridized carbons (Fsp3) is 0.344. The van der Waals surface area contributed by atoms with Gasteiger partial charge in [0, 0.05) is 29.1 Å². The largest absolute Gasteiger partial charge is 0.435 e. The van der Waals surface area contributed by atoms with Crippen LogP contribution >= 0.6 is 0 Å². The number of benzene rings is 2. The van der Waals surface area contributed by atoms with Gasteiger partial charge in [0.15, 0.2) is 5.69 Å². The summed E-state index contributed by atoms with van der Waals surface area (Å²) in [6, 6.07) is 11.9. The van der Waals surface area contributed by atoms with Crippen molar-refractivity contribution in [2.24, 2.45) is 5.92 Å². The molecule has 1 amide bonds. The summed E-state index contributed by atoms with van der Waals surface area (Å²) in [7, 11) is 0. The van der Waals surface area contributed by atoms with E-state index in [1.54, 1.807) is 12.3 Å². The van der Waals surface area contributed by atoms with E-state index in [4.69, 9.17) is 0 Å². The maximum atomic E-state index is 14.1. The molecule has 0 spiro atoms. The number of nitrogens with one attached hydrogen (secondary N) is 1. The Morgan fingerprint density at radius 3 is 2.52 bits per heavy atom. The van der Waals surface area contributed by atoms with Crippen LogP contribution in [0.25, 0.3) is 11.1 Å². The molecule has 220 valence electrons. The summed E-state index contributed by atoms with van der Waals surface area (Å²) in [6.07, 6.45) is -1.63. The van der Waals surface area contributed by atoms with Gasteiger partial charge >= 0.3 is 6.18 Å². The average molecular weight is 583 g/mol. The molecule has 1 unspecified atom stereocenters. The average Bonchev–Trinajstić information content (AvgIpc) is 3.45. The molecule has 0 bridgehead atoms. The standard InChI is InChI=1S/C32H31F5N4O/c1-4-21-15-22(8-7-19(21)3)25-6-5-9-38-30(25)27(14-20-12-23(33)16-24(34)13-20)39-29(42)17-41-28-11-18(2)10-26(28)31(40-41)32(35,36)37/h5-9,12-13,15-16,18,27H,4,10-11,14,17H2,1-3H3,(H,39,42)/t18?,27-/m0/s1. The van der Waals surface area contributed by atoms with Crippen molar-refractivity contribution >= 4 is 5.91 Å². The Balaban J connectivity index is 1.51. The quantitative estimate of drug-likeness (QED) is 0.229. The lowest BCUT2D eigenvalue weighted by Gasteiger charge is -2.22. The van der Waals surface area contributed by atoms with E-state index in [1.807, 2.05) is 38.1 Å². The summed E-state index contributed by atoms with van der Waals surface area (Å²) >= 11 is 0. The molecule has 2 aromatic heterocycles. The van der Waals surface area contributed by atoms with Crippen molar-refractivity contribution in [3.63, 3.8) is 0 Å². The number of aryl methyl sites for hydroxylation is 2. The molecule has 1 aliphatic carbocycles. The summed E-state index contributed by atoms with van der Waals surface area (Å²) in [5, 5.41) is 6.65. The highest BCUT2D eigenvalue weighted by molar-refractivity contribution is 5.77. The number of rotatable bonds is 8. The fourth-order valence-electron chi connectivity index (χ4n) is 5.80. The van der Waals surface area contributed by atoms with Crippen molar-refractivity contribution in [2.75, 3.05) is 0 Å². The topological polar surface area (TPSA) is 59.8 Å². The third-order valence-corrected chi connectivity index (χ3v) is 7.73. The van der Waals surface area contributed by atoms with Crippen LogP contribution in [0.3, 0.4) is 0 Å². The molecule has 10 heteroatoms. The smallest absolute Gasteiger partial charge is 0.346 e. The number of amides is 1. The number of hydrogen-bond acceptors (Lipinski definition) is 3. The van der Waals surface area contributed by atoms with Crippen molar-refractivity contribution < 1.29 is 26.7 Å². The van der Waals surface area contributed by atoms with Crippen LogP contribution < -0.4 is 5.32 Å². The molecular formula is C32H31F5N4O. The molecule has 2 aromatic carbocycles. The SMILES string of the molecule is CCc1cc(-c2cccnc2[C@H](Cc2cc(F)cc(F)c2)NC(=O)Cn2nc(C(F)(F)F)c3c2CC(C)C3)ccc1C. The molecule has 4 aromatic rings. The first-order valence-corrected chi connectivity index (χ1v) is 13.9. The Bertz CT molecular complexity index is 1610. The number of nitrogens with zero attached hydrogens (tertiary/aromatic N) is 3. The zero-order valence-corrected chi connectivity index (χ0v) is 23.5. The predicted molar refractivity (Wildman–Crippen MR) is 149 cm³/mol. The van der Waals surface area contributed by atoms with Crippen LogP contribution in [0.4, 0.5) is 22.0 Å². The van der Waals surface area contributed by atoms with Gasteiger partial charge in [0.05, 0.1) is 11.7 Å². The molecule has 5 rings (SSSR count). The summed E-state index contributed by atoms with van der Waals surface area (Å²) in [4.78, 5) is 18.0. The van der Waals surface area contributed by atoms with Gasteiger partial charge in [-0.1, -0.05) is 38.1 Å². The number of fused-ring (bicyclic) bond motifs is 1. The molecule has 2 atom stereocenters. The van der Waals surface area contributed by atoms with Crippen molar-refractivity contribution in [1.29, 1.82) is 0 Å². The minimum atomic E-state index is -4.63. The van der Waals surface area contributed by atoms with Crippen molar-refractivity contribution in [1.82, 2.24) is 20.1 Å². The first-order valence-electron chi connectivity index (χ1n) is 13.9. The van der Waals surface area contributed by atoms with Crippen LogP contribution in [-0.4, -0.2) is 20.7 Å². The van der Waals surface area contributed by atoms with Gasteiger partial charge in [0.1, 0.15) is 18.2 Å². The van der Waals surface area contributed by atoms with Gasteiger partial charge in [-0.15, -0.1) is 0 Å². The van der Waals surface area contributed by atoms with Gasteiger partial charge in [-0.2, -0.15) is 18.3 Å². The minimum absolute atomic E-state index is 0.00101. The molecule has 0 radical (unpaired) electrons. The molecule has 1 aliphatic rings. The van der Waals surface area contributed by atoms with Gasteiger partial charge in [-0.05, 0) is 79.0 Å². The Kier molecular flexibility index (Phi) is 8.17. The van der Waals surface area contributed by atoms with E-state index in [0.717, 1.165) is 39.4 Å². The van der Waals surface area contributed by atoms with E-state index in [2.05, 4.69) is 22.3 Å². The molecule has 0 aliphatic heterocycles. The molecule has 1 N–H and O–H groups in total. The molecule has 0 saturated heterocycles. The Labute approximate surface area is 240 Å². The first kappa shape index (κ1) is 29.4. The van der Waals surface area contributed by atoms with Crippen molar-refractivity contribution in [2.45, 2.75) is 65.2 Å². The Morgan fingerprint density at radius 1 is 1.10 bits per heavy atom. The molecular weight excluding hydrogens is 551 g/mol. The number of halogens is 5. The van der Waals surface area contributed by atoms with Crippen LogP contribution in [0.1, 0.15) is 59.2 Å². The maximum absolute atomic E-state index is 14.1. The maximum Gasteiger partial charge on any atom is 0.435 e. The number of carbonyl (C=O) groups is 1. The van der Waals surface area contributed by atoms with Crippen molar-refractivity contribution in [3.8, 4) is 11.1 Å². The fourth-order valence-corrected chi connectivity index (χ4v) is 5.80. The second-order valence-corrected chi connectivity index (χ2v) is 11.0. The molecule has 0 saturated carbocycles. The third-order valence-electron chi connectivity index (χ3n) is 7.73. The summed E-state index contributed by atoms with van der Waals surface area (Å²) < 4.78 is 70.4. The highest BCUT2D eigenvalue weighted by Gasteiger charge is 2.41. The van der Waals surface area contributed by atoms with E-state index in [0.29, 0.717) is 23.4 Å². The Morgan fingerprint density at radius 2 is 1.83 bits per heavy atom. The lowest BCUT2D eigenvalue weighted by molar-refractivity contribution is -0.142. The van der Waals surface area contributed by atoms with Crippen LogP contribution in [0.5, 0.6) is 0 Å². The van der Waals surface area contributed by atoms with E-state index >= 15 is 0 Å². The van der Waals surface area contributed by atoms with Crippen LogP contribution in [0.2, 0.25) is 0 Å². The third kappa shape index (κ3) is 6.22. The molecule has 42 heavy (non-hydrogen) atoms. The highest BCUT2D eigenvalue weighted by Crippen LogP contribution is 2.38. The summed E-state index contributed by atoms with van der Waals surface area (Å²) in [5.74, 6) is -2.11. The second kappa shape index (κ2) is 11.7. The van der Waals surface area contributed by atoms with Crippen LogP contribution in [0, 0.1) is 24.5 Å². The number of hydrogen-bond donors (Lipinski definition) is 1. The second-order valence-electron chi connectivity index (χ2n) is 11.0. The van der Waals surface area contributed by atoms with E-state index < -0.39 is 42.0 Å². The molecule has 2 heterocycles. The van der Waals surface area contributed by atoms with Gasteiger partial charge in [-0.3, -0.25) is 14.5 Å². The minimum Gasteiger partial charge on any atom is -0.346 e. The van der Waals surface area contributed by atoms with Gasteiger partial charge in [0.25, 0.3) is 0 Å². The lowest BCUT2D eigenvalue weighted by atomic mass is 9.93. The van der Waals surface area contributed by atoms with E-state index in [1.165, 1.54) is 12.1 Å². The van der Waals surface area contributed by atoms with Gasteiger partial charge in [0.2, 0.25) is 5.91 Å². The summed E-state index contributed by atoms with van der Waals surface area (Å²) in [5.41, 5.74) is 4.19. The van der Waals surface area contributed by atoms with Gasteiger partial charge < -0.3 is 5.32 Å². The number of alkyl halides is 3. The van der Waals surface area contributed by atoms with Crippen LogP contribution in [-0.2, 0) is 43.2 Å². The van der Waals surface area contributed by atoms with Crippen molar-refractivity contribution in [3.05, 3.63) is 106 Å². The lowest BCUT2D eigenvalue weighted by Crippen LogP contribution is -2.34.